The highest BCUT2D eigenvalue weighted by Gasteiger charge is 2.19. The number of carbonyl (C=O) groups excluding carboxylic acids is 3. The predicted octanol–water partition coefficient (Wildman–Crippen LogP) is 17.1. The first-order chi connectivity index (χ1) is 31.5. The van der Waals surface area contributed by atoms with Crippen molar-refractivity contribution in [3.05, 3.63) is 109 Å². The number of ether oxygens (including phenoxy) is 3. The van der Waals surface area contributed by atoms with Gasteiger partial charge in [-0.25, -0.2) is 0 Å². The molecule has 64 heavy (non-hydrogen) atoms. The summed E-state index contributed by atoms with van der Waals surface area (Å²) in [5, 5.41) is 0. The maximum absolute atomic E-state index is 12.8. The standard InChI is InChI=1S/C58H94O6/c1-4-7-10-13-16-19-22-25-28-31-33-36-39-42-45-48-51-57(60)63-54-55(64-58(61)52-49-46-43-40-37-34-30-27-24-21-18-15-12-9-6-3)53-62-56(59)50-47-44-41-38-35-32-29-26-23-20-17-14-11-8-5-2/h9,12,15,17-18,20-21,23-24,26-28,30-31,33-34,36-37,55H,4-8,10-11,13-14,16,19,22,25,29,32,35,38-54H2,1-3H3/b12-9-,18-15-,20-17-,24-21-,26-23-,30-27-,31-28-,36-33-,37-34-. The molecule has 0 spiro atoms. The summed E-state index contributed by atoms with van der Waals surface area (Å²) in [5.74, 6) is -0.998. The molecule has 0 N–H and O–H groups in total. The lowest BCUT2D eigenvalue weighted by molar-refractivity contribution is -0.167. The molecule has 0 aromatic rings. The summed E-state index contributed by atoms with van der Waals surface area (Å²) in [6.45, 7) is 6.38. The second kappa shape index (κ2) is 51.7. The Labute approximate surface area is 393 Å². The quantitative estimate of drug-likeness (QED) is 0.0262. The third-order valence-electron chi connectivity index (χ3n) is 10.7. The Kier molecular flexibility index (Phi) is 48.5. The Morgan fingerprint density at radius 1 is 0.328 bits per heavy atom. The molecule has 0 fully saturated rings. The van der Waals surface area contributed by atoms with E-state index in [0.717, 1.165) is 89.9 Å². The molecule has 1 unspecified atom stereocenters. The van der Waals surface area contributed by atoms with Gasteiger partial charge in [0.05, 0.1) is 0 Å². The van der Waals surface area contributed by atoms with Gasteiger partial charge >= 0.3 is 17.9 Å². The van der Waals surface area contributed by atoms with Gasteiger partial charge in [-0.05, 0) is 89.9 Å². The summed E-state index contributed by atoms with van der Waals surface area (Å²) in [6.07, 6.45) is 69.2. The maximum Gasteiger partial charge on any atom is 0.306 e. The topological polar surface area (TPSA) is 78.9 Å². The van der Waals surface area contributed by atoms with Gasteiger partial charge in [-0.3, -0.25) is 14.4 Å². The van der Waals surface area contributed by atoms with Gasteiger partial charge in [-0.1, -0.05) is 220 Å². The molecule has 0 heterocycles. The fourth-order valence-corrected chi connectivity index (χ4v) is 6.74. The van der Waals surface area contributed by atoms with Crippen LogP contribution in [0.3, 0.4) is 0 Å². The molecule has 362 valence electrons. The van der Waals surface area contributed by atoms with Crippen LogP contribution in [-0.2, 0) is 28.6 Å². The monoisotopic (exact) mass is 887 g/mol. The largest absolute Gasteiger partial charge is 0.462 e. The van der Waals surface area contributed by atoms with Crippen molar-refractivity contribution >= 4 is 17.9 Å². The highest BCUT2D eigenvalue weighted by atomic mass is 16.6. The SMILES string of the molecule is CC\C=C/C=C\C=C/C=C\C=C/CCCCCC(=O)OC(COC(=O)CCCCC/C=C\C=C/CCCCCCCCC)COC(=O)CCCCCCCC/C=C\C=C/CCCCC. The number of hydrogen-bond donors (Lipinski definition) is 0. The van der Waals surface area contributed by atoms with Crippen molar-refractivity contribution in [1.82, 2.24) is 0 Å². The zero-order chi connectivity index (χ0) is 46.5. The van der Waals surface area contributed by atoms with Crippen LogP contribution in [-0.4, -0.2) is 37.2 Å². The molecular formula is C58H94O6. The molecule has 6 nitrogen and oxygen atoms in total. The molecule has 0 amide bonds. The van der Waals surface area contributed by atoms with E-state index in [2.05, 4.69) is 81.5 Å². The van der Waals surface area contributed by atoms with Crippen molar-refractivity contribution in [3.63, 3.8) is 0 Å². The normalized spacial score (nSPS) is 13.0. The summed E-state index contributed by atoms with van der Waals surface area (Å²) >= 11 is 0. The second-order valence-corrected chi connectivity index (χ2v) is 16.9. The maximum atomic E-state index is 12.8. The van der Waals surface area contributed by atoms with Crippen LogP contribution in [0.15, 0.2) is 109 Å². The number of unbranched alkanes of at least 4 members (excludes halogenated alkanes) is 22. The van der Waals surface area contributed by atoms with E-state index in [-0.39, 0.29) is 37.5 Å². The Balaban J connectivity index is 4.55. The van der Waals surface area contributed by atoms with Crippen molar-refractivity contribution in [2.45, 2.75) is 226 Å². The fraction of sp³-hybridized carbons (Fsp3) is 0.638. The first-order valence-corrected chi connectivity index (χ1v) is 26.0. The van der Waals surface area contributed by atoms with Crippen LogP contribution >= 0.6 is 0 Å². The van der Waals surface area contributed by atoms with Crippen molar-refractivity contribution in [3.8, 4) is 0 Å². The minimum absolute atomic E-state index is 0.112. The lowest BCUT2D eigenvalue weighted by Crippen LogP contribution is -2.30. The van der Waals surface area contributed by atoms with Gasteiger partial charge in [-0.15, -0.1) is 0 Å². The molecule has 0 bridgehead atoms. The second-order valence-electron chi connectivity index (χ2n) is 16.9. The van der Waals surface area contributed by atoms with Crippen molar-refractivity contribution in [1.29, 1.82) is 0 Å². The minimum Gasteiger partial charge on any atom is -0.462 e. The van der Waals surface area contributed by atoms with E-state index in [4.69, 9.17) is 14.2 Å². The molecule has 1 atom stereocenters. The molecular weight excluding hydrogens is 793 g/mol. The van der Waals surface area contributed by atoms with Crippen LogP contribution in [0.2, 0.25) is 0 Å². The highest BCUT2D eigenvalue weighted by molar-refractivity contribution is 5.71. The molecule has 0 rings (SSSR count). The van der Waals surface area contributed by atoms with Crippen molar-refractivity contribution in [2.24, 2.45) is 0 Å². The third kappa shape index (κ3) is 49.1. The van der Waals surface area contributed by atoms with E-state index in [1.54, 1.807) is 0 Å². The number of hydrogen-bond acceptors (Lipinski definition) is 6. The molecule has 0 saturated heterocycles. The summed E-state index contributed by atoms with van der Waals surface area (Å²) in [6, 6.07) is 0. The van der Waals surface area contributed by atoms with Crippen LogP contribution in [0.1, 0.15) is 220 Å². The lowest BCUT2D eigenvalue weighted by atomic mass is 10.1. The molecule has 0 aliphatic carbocycles. The Morgan fingerprint density at radius 2 is 0.609 bits per heavy atom. The number of esters is 3. The summed E-state index contributed by atoms with van der Waals surface area (Å²) in [5.41, 5.74) is 0. The van der Waals surface area contributed by atoms with E-state index in [1.807, 2.05) is 48.6 Å². The van der Waals surface area contributed by atoms with Gasteiger partial charge in [0.15, 0.2) is 6.10 Å². The van der Waals surface area contributed by atoms with Crippen molar-refractivity contribution in [2.75, 3.05) is 13.2 Å². The van der Waals surface area contributed by atoms with E-state index in [0.29, 0.717) is 19.3 Å². The van der Waals surface area contributed by atoms with Gasteiger partial charge in [0.1, 0.15) is 13.2 Å². The van der Waals surface area contributed by atoms with Crippen molar-refractivity contribution < 1.29 is 28.6 Å². The summed E-state index contributed by atoms with van der Waals surface area (Å²) in [4.78, 5) is 38.0. The molecule has 0 aromatic carbocycles. The van der Waals surface area contributed by atoms with E-state index < -0.39 is 6.10 Å². The molecule has 6 heteroatoms. The van der Waals surface area contributed by atoms with Crippen LogP contribution in [0.4, 0.5) is 0 Å². The van der Waals surface area contributed by atoms with Gasteiger partial charge < -0.3 is 14.2 Å². The van der Waals surface area contributed by atoms with Crippen LogP contribution in [0.5, 0.6) is 0 Å². The van der Waals surface area contributed by atoms with Crippen LogP contribution in [0.25, 0.3) is 0 Å². The first kappa shape index (κ1) is 60.1. The summed E-state index contributed by atoms with van der Waals surface area (Å²) < 4.78 is 16.7. The molecule has 0 aliphatic rings. The summed E-state index contributed by atoms with van der Waals surface area (Å²) in [7, 11) is 0. The number of carbonyl (C=O) groups is 3. The third-order valence-corrected chi connectivity index (χ3v) is 10.7. The van der Waals surface area contributed by atoms with Gasteiger partial charge in [-0.2, -0.15) is 0 Å². The molecule has 0 aliphatic heterocycles. The number of rotatable bonds is 45. The van der Waals surface area contributed by atoms with E-state index in [9.17, 15) is 14.4 Å². The van der Waals surface area contributed by atoms with Crippen LogP contribution in [0, 0.1) is 0 Å². The lowest BCUT2D eigenvalue weighted by Gasteiger charge is -2.18. The smallest absolute Gasteiger partial charge is 0.306 e. The Morgan fingerprint density at radius 3 is 1.02 bits per heavy atom. The average Bonchev–Trinajstić information content (AvgIpc) is 3.29. The molecule has 0 radical (unpaired) electrons. The van der Waals surface area contributed by atoms with E-state index >= 15 is 0 Å². The van der Waals surface area contributed by atoms with Gasteiger partial charge in [0.25, 0.3) is 0 Å². The van der Waals surface area contributed by atoms with Gasteiger partial charge in [0, 0.05) is 19.3 Å². The average molecular weight is 887 g/mol. The predicted molar refractivity (Wildman–Crippen MR) is 274 cm³/mol. The van der Waals surface area contributed by atoms with E-state index in [1.165, 1.54) is 83.5 Å². The fourth-order valence-electron chi connectivity index (χ4n) is 6.74. The Hall–Kier alpha value is -3.93. The first-order valence-electron chi connectivity index (χ1n) is 26.0. The van der Waals surface area contributed by atoms with Gasteiger partial charge in [0.2, 0.25) is 0 Å². The zero-order valence-electron chi connectivity index (χ0n) is 41.3. The molecule has 0 saturated carbocycles. The highest BCUT2D eigenvalue weighted by Crippen LogP contribution is 2.13. The molecule has 0 aromatic heterocycles. The minimum atomic E-state index is -0.818. The Bertz CT molecular complexity index is 1340. The number of allylic oxidation sites excluding steroid dienone is 18. The zero-order valence-corrected chi connectivity index (χ0v) is 41.3. The van der Waals surface area contributed by atoms with Crippen LogP contribution < -0.4 is 0 Å².